The number of sulfonamides is 1. The number of carboxylic acids is 1. The Morgan fingerprint density at radius 3 is 2.65 bits per heavy atom. The highest BCUT2D eigenvalue weighted by atomic mass is 32.2. The number of aryl methyl sites for hydroxylation is 1. The van der Waals surface area contributed by atoms with Crippen LogP contribution in [0.25, 0.3) is 0 Å². The van der Waals surface area contributed by atoms with Crippen molar-refractivity contribution in [3.8, 4) is 5.75 Å². The van der Waals surface area contributed by atoms with Crippen LogP contribution in [-0.2, 0) is 21.2 Å². The van der Waals surface area contributed by atoms with Gasteiger partial charge in [0.2, 0.25) is 10.0 Å². The fourth-order valence-corrected chi connectivity index (χ4v) is 4.60. The highest BCUT2D eigenvalue weighted by Gasteiger charge is 2.29. The summed E-state index contributed by atoms with van der Waals surface area (Å²) in [6, 6.07) is 4.77. The highest BCUT2D eigenvalue weighted by Crippen LogP contribution is 2.29. The number of rotatable bonds is 4. The molecule has 3 rings (SSSR count). The van der Waals surface area contributed by atoms with Gasteiger partial charge in [0.25, 0.3) is 0 Å². The van der Waals surface area contributed by atoms with Crippen molar-refractivity contribution in [3.05, 3.63) is 23.8 Å². The molecule has 0 spiro atoms. The molecule has 1 aliphatic carbocycles. The van der Waals surface area contributed by atoms with Gasteiger partial charge < -0.3 is 9.84 Å². The summed E-state index contributed by atoms with van der Waals surface area (Å²) in [5, 5.41) is 9.00. The summed E-state index contributed by atoms with van der Waals surface area (Å²) in [6.45, 7) is 0.671. The van der Waals surface area contributed by atoms with Crippen molar-refractivity contribution in [1.29, 1.82) is 0 Å². The second-order valence-electron chi connectivity index (χ2n) is 6.23. The maximum atomic E-state index is 12.5. The van der Waals surface area contributed by atoms with Crippen molar-refractivity contribution < 1.29 is 23.1 Å². The van der Waals surface area contributed by atoms with Gasteiger partial charge in [0, 0.05) is 6.04 Å². The first-order valence-corrected chi connectivity index (χ1v) is 9.45. The summed E-state index contributed by atoms with van der Waals surface area (Å²) < 4.78 is 33.3. The molecule has 0 unspecified atom stereocenters. The Kier molecular flexibility index (Phi) is 4.59. The molecular weight excluding hydrogens is 318 g/mol. The van der Waals surface area contributed by atoms with Gasteiger partial charge in [-0.1, -0.05) is 0 Å². The lowest BCUT2D eigenvalue weighted by Gasteiger charge is -2.26. The summed E-state index contributed by atoms with van der Waals surface area (Å²) in [5.41, 5.74) is 0.925. The first kappa shape index (κ1) is 16.3. The van der Waals surface area contributed by atoms with E-state index >= 15 is 0 Å². The standard InChI is InChI=1S/C16H21NO5S/c18-16(19)11-3-5-13(6-4-11)17-23(20,21)14-7-8-15-12(10-14)2-1-9-22-15/h7-8,10-11,13,17H,1-6,9H2,(H,18,19). The molecule has 1 aliphatic heterocycles. The molecule has 1 fully saturated rings. The van der Waals surface area contributed by atoms with Gasteiger partial charge >= 0.3 is 5.97 Å². The molecule has 7 heteroatoms. The van der Waals surface area contributed by atoms with Gasteiger partial charge in [-0.2, -0.15) is 0 Å². The highest BCUT2D eigenvalue weighted by molar-refractivity contribution is 7.89. The predicted octanol–water partition coefficient (Wildman–Crippen LogP) is 1.93. The van der Waals surface area contributed by atoms with Crippen LogP contribution in [-0.4, -0.2) is 32.1 Å². The van der Waals surface area contributed by atoms with Crippen molar-refractivity contribution in [2.75, 3.05) is 6.61 Å². The molecule has 0 bridgehead atoms. The largest absolute Gasteiger partial charge is 0.493 e. The third kappa shape index (κ3) is 3.67. The molecule has 1 saturated carbocycles. The lowest BCUT2D eigenvalue weighted by molar-refractivity contribution is -0.142. The van der Waals surface area contributed by atoms with Crippen LogP contribution in [0.2, 0.25) is 0 Å². The summed E-state index contributed by atoms with van der Waals surface area (Å²) in [7, 11) is -3.58. The lowest BCUT2D eigenvalue weighted by Crippen LogP contribution is -2.38. The third-order valence-corrected chi connectivity index (χ3v) is 6.11. The van der Waals surface area contributed by atoms with E-state index in [0.29, 0.717) is 32.3 Å². The molecule has 0 atom stereocenters. The van der Waals surface area contributed by atoms with E-state index in [0.717, 1.165) is 24.2 Å². The first-order valence-electron chi connectivity index (χ1n) is 7.96. The number of hydrogen-bond acceptors (Lipinski definition) is 4. The van der Waals surface area contributed by atoms with Crippen LogP contribution in [0.15, 0.2) is 23.1 Å². The molecule has 23 heavy (non-hydrogen) atoms. The Hall–Kier alpha value is -1.60. The molecule has 6 nitrogen and oxygen atoms in total. The number of benzene rings is 1. The normalized spacial score (nSPS) is 24.5. The lowest BCUT2D eigenvalue weighted by atomic mass is 9.87. The minimum atomic E-state index is -3.58. The number of nitrogens with one attached hydrogen (secondary N) is 1. The van der Waals surface area contributed by atoms with Gasteiger partial charge in [-0.3, -0.25) is 4.79 Å². The van der Waals surface area contributed by atoms with E-state index in [1.54, 1.807) is 18.2 Å². The van der Waals surface area contributed by atoms with Crippen LogP contribution in [0.4, 0.5) is 0 Å². The van der Waals surface area contributed by atoms with Crippen LogP contribution in [0.1, 0.15) is 37.7 Å². The fourth-order valence-electron chi connectivity index (χ4n) is 3.25. The minimum Gasteiger partial charge on any atom is -0.493 e. The van der Waals surface area contributed by atoms with Gasteiger partial charge in [-0.15, -0.1) is 0 Å². The van der Waals surface area contributed by atoms with Gasteiger partial charge in [0.05, 0.1) is 17.4 Å². The molecule has 0 saturated heterocycles. The van der Waals surface area contributed by atoms with Crippen LogP contribution in [0.5, 0.6) is 5.75 Å². The number of aliphatic carboxylic acids is 1. The smallest absolute Gasteiger partial charge is 0.306 e. The summed E-state index contributed by atoms with van der Waals surface area (Å²) in [6.07, 6.45) is 3.86. The Bertz CT molecular complexity index is 692. The van der Waals surface area contributed by atoms with Crippen LogP contribution < -0.4 is 9.46 Å². The van der Waals surface area contributed by atoms with Gasteiger partial charge in [0.1, 0.15) is 5.75 Å². The van der Waals surface area contributed by atoms with Crippen LogP contribution in [0.3, 0.4) is 0 Å². The van der Waals surface area contributed by atoms with E-state index in [1.165, 1.54) is 0 Å². The van der Waals surface area contributed by atoms with Crippen molar-refractivity contribution >= 4 is 16.0 Å². The maximum absolute atomic E-state index is 12.5. The molecule has 1 aromatic carbocycles. The minimum absolute atomic E-state index is 0.192. The zero-order chi connectivity index (χ0) is 16.4. The Labute approximate surface area is 135 Å². The number of carboxylic acid groups (broad SMARTS) is 1. The van der Waals surface area contributed by atoms with E-state index in [-0.39, 0.29) is 16.9 Å². The third-order valence-electron chi connectivity index (χ3n) is 4.59. The van der Waals surface area contributed by atoms with E-state index in [1.807, 2.05) is 0 Å². The topological polar surface area (TPSA) is 92.7 Å². The first-order chi connectivity index (χ1) is 11.0. The van der Waals surface area contributed by atoms with Crippen LogP contribution in [0, 0.1) is 5.92 Å². The second kappa shape index (κ2) is 6.49. The molecule has 0 aromatic heterocycles. The second-order valence-corrected chi connectivity index (χ2v) is 7.94. The van der Waals surface area contributed by atoms with Crippen molar-refractivity contribution in [1.82, 2.24) is 4.72 Å². The molecule has 0 radical (unpaired) electrons. The fraction of sp³-hybridized carbons (Fsp3) is 0.562. The average Bonchev–Trinajstić information content (AvgIpc) is 2.54. The summed E-state index contributed by atoms with van der Waals surface area (Å²) >= 11 is 0. The van der Waals surface area contributed by atoms with E-state index < -0.39 is 16.0 Å². The van der Waals surface area contributed by atoms with Gasteiger partial charge in [-0.25, -0.2) is 13.1 Å². The zero-order valence-corrected chi connectivity index (χ0v) is 13.6. The maximum Gasteiger partial charge on any atom is 0.306 e. The van der Waals surface area contributed by atoms with Crippen LogP contribution >= 0.6 is 0 Å². The van der Waals surface area contributed by atoms with E-state index in [2.05, 4.69) is 4.72 Å². The van der Waals surface area contributed by atoms with E-state index in [9.17, 15) is 13.2 Å². The van der Waals surface area contributed by atoms with Crippen molar-refractivity contribution in [3.63, 3.8) is 0 Å². The Morgan fingerprint density at radius 1 is 1.22 bits per heavy atom. The molecule has 126 valence electrons. The predicted molar refractivity (Wildman–Crippen MR) is 84.0 cm³/mol. The number of carbonyl (C=O) groups is 1. The van der Waals surface area contributed by atoms with Gasteiger partial charge in [0.15, 0.2) is 0 Å². The monoisotopic (exact) mass is 339 g/mol. The van der Waals surface area contributed by atoms with Gasteiger partial charge in [-0.05, 0) is 62.3 Å². The molecule has 1 heterocycles. The quantitative estimate of drug-likeness (QED) is 0.874. The number of ether oxygens (including phenoxy) is 1. The molecule has 2 aliphatic rings. The number of fused-ring (bicyclic) bond motifs is 1. The summed E-state index contributed by atoms with van der Waals surface area (Å²) in [4.78, 5) is 11.2. The number of hydrogen-bond donors (Lipinski definition) is 2. The molecule has 1 aromatic rings. The molecular formula is C16H21NO5S. The average molecular weight is 339 g/mol. The van der Waals surface area contributed by atoms with Crippen molar-refractivity contribution in [2.24, 2.45) is 5.92 Å². The SMILES string of the molecule is O=C(O)C1CCC(NS(=O)(=O)c2ccc3c(c2)CCCO3)CC1. The molecule has 0 amide bonds. The zero-order valence-electron chi connectivity index (χ0n) is 12.8. The van der Waals surface area contributed by atoms with E-state index in [4.69, 9.17) is 9.84 Å². The van der Waals surface area contributed by atoms with Crippen molar-refractivity contribution in [2.45, 2.75) is 49.5 Å². The Balaban J connectivity index is 1.69. The molecule has 2 N–H and O–H groups in total. The summed E-state index contributed by atoms with van der Waals surface area (Å²) in [5.74, 6) is -0.380. The Morgan fingerprint density at radius 2 is 1.96 bits per heavy atom.